The van der Waals surface area contributed by atoms with Crippen molar-refractivity contribution in [2.75, 3.05) is 62.3 Å². The van der Waals surface area contributed by atoms with Crippen molar-refractivity contribution < 1.29 is 27.4 Å². The van der Waals surface area contributed by atoms with Crippen LogP contribution in [0.2, 0.25) is 0 Å². The highest BCUT2D eigenvalue weighted by molar-refractivity contribution is 6.06. The predicted molar refractivity (Wildman–Crippen MR) is 184 cm³/mol. The zero-order chi connectivity index (χ0) is 34.4. The predicted octanol–water partition coefficient (Wildman–Crippen LogP) is 6.28. The smallest absolute Gasteiger partial charge is 0.422 e. The van der Waals surface area contributed by atoms with Gasteiger partial charge in [-0.25, -0.2) is 4.98 Å². The highest BCUT2D eigenvalue weighted by Gasteiger charge is 2.49. The van der Waals surface area contributed by atoms with Crippen LogP contribution in [-0.4, -0.2) is 95.2 Å². The number of aromatic nitrogens is 4. The molecule has 4 aromatic rings. The molecule has 5 aliphatic rings. The number of nitrogens with one attached hydrogen (secondary N) is 1. The van der Waals surface area contributed by atoms with Crippen LogP contribution in [0.4, 0.5) is 24.9 Å². The molecule has 10 nitrogen and oxygen atoms in total. The third-order valence-corrected chi connectivity index (χ3v) is 11.5. The fraction of sp³-hybridized carbons (Fsp3) is 0.514. The summed E-state index contributed by atoms with van der Waals surface area (Å²) in [5, 5.41) is 8.84. The molecule has 1 aliphatic carbocycles. The quantitative estimate of drug-likeness (QED) is 0.227. The van der Waals surface area contributed by atoms with E-state index in [0.717, 1.165) is 78.5 Å². The summed E-state index contributed by atoms with van der Waals surface area (Å²) in [5.74, 6) is 1.47. The number of likely N-dealkylation sites (tertiary alicyclic amines) is 1. The lowest BCUT2D eigenvalue weighted by Gasteiger charge is -2.54. The molecule has 4 aliphatic heterocycles. The molecule has 1 N–H and O–H groups in total. The van der Waals surface area contributed by atoms with Crippen molar-refractivity contribution >= 4 is 39.5 Å². The highest BCUT2D eigenvalue weighted by atomic mass is 19.4. The van der Waals surface area contributed by atoms with Crippen molar-refractivity contribution in [3.8, 4) is 16.9 Å². The van der Waals surface area contributed by atoms with Gasteiger partial charge in [0.05, 0.1) is 24.8 Å². The molecule has 262 valence electrons. The summed E-state index contributed by atoms with van der Waals surface area (Å²) in [7, 11) is 0. The number of carbonyl (C=O) groups excluding carboxylic acids is 1. The second-order valence-corrected chi connectivity index (χ2v) is 15.1. The van der Waals surface area contributed by atoms with Gasteiger partial charge in [0.2, 0.25) is 11.9 Å². The number of aromatic amines is 1. The molecule has 0 bridgehead atoms. The molecule has 0 atom stereocenters. The number of rotatable bonds is 7. The van der Waals surface area contributed by atoms with Gasteiger partial charge in [0.1, 0.15) is 16.9 Å². The van der Waals surface area contributed by atoms with Crippen LogP contribution in [0.1, 0.15) is 55.6 Å². The zero-order valence-corrected chi connectivity index (χ0v) is 28.1. The number of carbonyl (C=O) groups is 1. The van der Waals surface area contributed by atoms with Crippen LogP contribution in [-0.2, 0) is 9.53 Å². The third kappa shape index (κ3) is 5.27. The number of piperidine rings is 1. The Bertz CT molecular complexity index is 2010. The standard InChI is InChI=1S/C37H40F3N7O3/c1-3-28(48)46-17-35(18-46)10-12-45(13-11-35)33-25-15-24(23-6-7-23)30(29-22(2)5-8-27-26(29)16-41-44-27)32(49-21-37(38,39)40)31(25)42-34(43-33)47-19-36(20-47)9-4-14-50-36/h3,5,8,15-16,23H,1,4,6-7,9-14,17-21H2,2H3,(H,41,44). The van der Waals surface area contributed by atoms with Crippen LogP contribution >= 0.6 is 0 Å². The Balaban J connectivity index is 1.21. The molecule has 13 heteroatoms. The van der Waals surface area contributed by atoms with Crippen LogP contribution in [0.3, 0.4) is 0 Å². The molecule has 2 spiro atoms. The third-order valence-electron chi connectivity index (χ3n) is 11.5. The van der Waals surface area contributed by atoms with Crippen LogP contribution in [0.25, 0.3) is 32.9 Å². The van der Waals surface area contributed by atoms with Crippen molar-refractivity contribution in [3.05, 3.63) is 48.2 Å². The van der Waals surface area contributed by atoms with Crippen LogP contribution < -0.4 is 14.5 Å². The number of benzene rings is 2. The minimum absolute atomic E-state index is 0.0424. The summed E-state index contributed by atoms with van der Waals surface area (Å²) in [4.78, 5) is 28.6. The minimum atomic E-state index is -4.55. The number of aryl methyl sites for hydroxylation is 1. The first-order valence-corrected chi connectivity index (χ1v) is 17.6. The topological polar surface area (TPSA) is 99.7 Å². The number of hydrogen-bond donors (Lipinski definition) is 1. The number of ether oxygens (including phenoxy) is 2. The van der Waals surface area contributed by atoms with Gasteiger partial charge in [-0.3, -0.25) is 9.89 Å². The Morgan fingerprint density at radius 3 is 2.54 bits per heavy atom. The summed E-state index contributed by atoms with van der Waals surface area (Å²) < 4.78 is 54.1. The molecule has 0 unspecified atom stereocenters. The number of fused-ring (bicyclic) bond motifs is 2. The monoisotopic (exact) mass is 687 g/mol. The van der Waals surface area contributed by atoms with Gasteiger partial charge in [-0.1, -0.05) is 12.6 Å². The Kier molecular flexibility index (Phi) is 7.14. The largest absolute Gasteiger partial charge is 0.481 e. The van der Waals surface area contributed by atoms with E-state index in [1.165, 1.54) is 6.08 Å². The van der Waals surface area contributed by atoms with E-state index in [0.29, 0.717) is 61.7 Å². The van der Waals surface area contributed by atoms with E-state index in [-0.39, 0.29) is 28.6 Å². The Morgan fingerprint density at radius 2 is 1.86 bits per heavy atom. The van der Waals surface area contributed by atoms with E-state index in [4.69, 9.17) is 19.4 Å². The Labute approximate surface area is 287 Å². The molecule has 1 amide bonds. The average Bonchev–Trinajstić information content (AvgIpc) is 3.58. The van der Waals surface area contributed by atoms with Gasteiger partial charge >= 0.3 is 6.18 Å². The number of anilines is 2. The van der Waals surface area contributed by atoms with Gasteiger partial charge in [-0.2, -0.15) is 23.3 Å². The second kappa shape index (κ2) is 11.3. The number of halogens is 3. The van der Waals surface area contributed by atoms with Crippen LogP contribution in [0.15, 0.2) is 37.1 Å². The molecule has 2 aromatic carbocycles. The van der Waals surface area contributed by atoms with Gasteiger partial charge in [0.15, 0.2) is 12.4 Å². The van der Waals surface area contributed by atoms with E-state index in [1.54, 1.807) is 6.20 Å². The summed E-state index contributed by atoms with van der Waals surface area (Å²) in [5.41, 5.74) is 4.35. The lowest BCUT2D eigenvalue weighted by atomic mass is 9.72. The maximum absolute atomic E-state index is 14.0. The molecule has 9 rings (SSSR count). The van der Waals surface area contributed by atoms with E-state index < -0.39 is 12.8 Å². The first-order chi connectivity index (χ1) is 24.0. The van der Waals surface area contributed by atoms with Crippen molar-refractivity contribution in [1.82, 2.24) is 25.1 Å². The Hall–Kier alpha value is -4.39. The lowest BCUT2D eigenvalue weighted by Crippen LogP contribution is -2.62. The van der Waals surface area contributed by atoms with Crippen molar-refractivity contribution in [1.29, 1.82) is 0 Å². The van der Waals surface area contributed by atoms with Gasteiger partial charge in [0.25, 0.3) is 0 Å². The van der Waals surface area contributed by atoms with Crippen LogP contribution in [0.5, 0.6) is 5.75 Å². The van der Waals surface area contributed by atoms with Crippen molar-refractivity contribution in [3.63, 3.8) is 0 Å². The maximum atomic E-state index is 14.0. The average molecular weight is 688 g/mol. The molecule has 50 heavy (non-hydrogen) atoms. The van der Waals surface area contributed by atoms with Gasteiger partial charge in [0, 0.05) is 54.5 Å². The SMILES string of the molecule is C=CC(=O)N1CC2(CCN(c3nc(N4CC5(CCCO5)C4)nc4c(OCC(F)(F)F)c(-c5c(C)ccc6[nH]ncc56)c(C5CC5)cc34)CC2)C1. The lowest BCUT2D eigenvalue weighted by molar-refractivity contribution is -0.153. The normalized spacial score (nSPS) is 21.2. The van der Waals surface area contributed by atoms with E-state index in [2.05, 4.69) is 32.6 Å². The zero-order valence-electron chi connectivity index (χ0n) is 28.1. The molecule has 0 radical (unpaired) electrons. The summed E-state index contributed by atoms with van der Waals surface area (Å²) >= 11 is 0. The van der Waals surface area contributed by atoms with Gasteiger partial charge in [-0.15, -0.1) is 0 Å². The minimum Gasteiger partial charge on any atom is -0.481 e. The number of H-pyrrole nitrogens is 1. The fourth-order valence-electron chi connectivity index (χ4n) is 8.69. The number of amides is 1. The van der Waals surface area contributed by atoms with E-state index in [1.807, 2.05) is 24.0 Å². The fourth-order valence-corrected chi connectivity index (χ4v) is 8.69. The maximum Gasteiger partial charge on any atom is 0.422 e. The van der Waals surface area contributed by atoms with Gasteiger partial charge in [-0.05, 0) is 86.3 Å². The highest BCUT2D eigenvalue weighted by Crippen LogP contribution is 2.53. The molecule has 1 saturated carbocycles. The van der Waals surface area contributed by atoms with E-state index in [9.17, 15) is 18.0 Å². The van der Waals surface area contributed by atoms with Gasteiger partial charge < -0.3 is 24.2 Å². The van der Waals surface area contributed by atoms with E-state index >= 15 is 0 Å². The van der Waals surface area contributed by atoms with Crippen molar-refractivity contribution in [2.24, 2.45) is 5.41 Å². The molecule has 4 saturated heterocycles. The van der Waals surface area contributed by atoms with Crippen molar-refractivity contribution in [2.45, 2.75) is 63.1 Å². The molecule has 5 fully saturated rings. The Morgan fingerprint density at radius 1 is 1.08 bits per heavy atom. The first-order valence-electron chi connectivity index (χ1n) is 17.6. The summed E-state index contributed by atoms with van der Waals surface area (Å²) in [6, 6.07) is 6.03. The number of hydrogen-bond acceptors (Lipinski definition) is 8. The summed E-state index contributed by atoms with van der Waals surface area (Å²) in [6.07, 6.45) is 4.15. The second-order valence-electron chi connectivity index (χ2n) is 15.1. The molecule has 2 aromatic heterocycles. The first kappa shape index (κ1) is 31.6. The number of nitrogens with zero attached hydrogens (tertiary/aromatic N) is 6. The summed E-state index contributed by atoms with van der Waals surface area (Å²) in [6.45, 7) is 9.00. The number of alkyl halides is 3. The molecule has 6 heterocycles. The van der Waals surface area contributed by atoms with Crippen LogP contribution in [0, 0.1) is 12.3 Å². The molecular formula is C37H40F3N7O3. The molecular weight excluding hydrogens is 647 g/mol.